The Kier molecular flexibility index (Phi) is 8.63. The van der Waals surface area contributed by atoms with Gasteiger partial charge < -0.3 is 29.0 Å². The van der Waals surface area contributed by atoms with Crippen molar-refractivity contribution in [2.24, 2.45) is 0 Å². The molecule has 0 aromatic rings. The molecular formula is C10H20BO12P3S. The largest absolute Gasteiger partial charge is 0.490 e. The lowest BCUT2D eigenvalue weighted by Crippen LogP contribution is -2.32. The number of hydrogen-bond donors (Lipinski definition) is 4. The highest BCUT2D eigenvalue weighted by Crippen LogP contribution is 2.66. The van der Waals surface area contributed by atoms with Gasteiger partial charge in [0.05, 0.1) is 12.7 Å². The van der Waals surface area contributed by atoms with Gasteiger partial charge in [0.1, 0.15) is 19.4 Å². The fourth-order valence-electron chi connectivity index (χ4n) is 2.52. The minimum Gasteiger partial charge on any atom is -0.380 e. The van der Waals surface area contributed by atoms with Crippen LogP contribution in [0.5, 0.6) is 0 Å². The molecule has 2 heterocycles. The van der Waals surface area contributed by atoms with E-state index in [1.54, 1.807) is 11.8 Å². The van der Waals surface area contributed by atoms with Gasteiger partial charge in [0.15, 0.2) is 0 Å². The van der Waals surface area contributed by atoms with Gasteiger partial charge >= 0.3 is 23.5 Å². The zero-order valence-corrected chi connectivity index (χ0v) is 17.4. The highest BCUT2D eigenvalue weighted by molar-refractivity contribution is 7.99. The molecule has 6 atom stereocenters. The number of ether oxygens (including phenoxy) is 2. The number of thioether (sulfide) groups is 1. The van der Waals surface area contributed by atoms with Crippen LogP contribution in [0, 0.1) is 0 Å². The molecular weight excluding hydrogens is 448 g/mol. The van der Waals surface area contributed by atoms with Gasteiger partial charge in [0, 0.05) is 6.00 Å². The summed E-state index contributed by atoms with van der Waals surface area (Å²) in [6, 6.07) is -0.682. The van der Waals surface area contributed by atoms with E-state index in [4.69, 9.17) is 32.0 Å². The second kappa shape index (κ2) is 9.70. The molecule has 0 aromatic carbocycles. The molecule has 2 aliphatic rings. The highest BCUT2D eigenvalue weighted by atomic mass is 32.2. The van der Waals surface area contributed by atoms with Crippen molar-refractivity contribution in [2.75, 3.05) is 12.4 Å². The van der Waals surface area contributed by atoms with E-state index in [9.17, 15) is 18.6 Å². The van der Waals surface area contributed by atoms with E-state index >= 15 is 0 Å². The topological polar surface area (TPSA) is 178 Å². The van der Waals surface area contributed by atoms with Gasteiger partial charge in [-0.2, -0.15) is 8.62 Å². The molecule has 0 spiro atoms. The van der Waals surface area contributed by atoms with E-state index in [0.717, 1.165) is 25.0 Å². The third-order valence-electron chi connectivity index (χ3n) is 3.51. The minimum absolute atomic E-state index is 0.0633. The standard InChI is InChI=1S/C10H20BO12P3S/c11-9-5-7(21-10-3-1-2-4-27-10)8(20-9)6-19-25(15,16)23-26(17,18)22-24(12,13)14/h7-10H,1-6H2,(H,15,16)(H,17,18)(H2,12,13,14). The molecule has 2 saturated heterocycles. The SMILES string of the molecule is [B]C1CC(OC2CCCCS2)C(COP(=O)(O)OP(=O)(O)OP(=O)(O)O)O1. The second-order valence-electron chi connectivity index (χ2n) is 5.81. The smallest absolute Gasteiger partial charge is 0.380 e. The molecule has 2 rings (SSSR count). The number of hydrogen-bond acceptors (Lipinski definition) is 9. The van der Waals surface area contributed by atoms with Crippen LogP contribution in [0.3, 0.4) is 0 Å². The fraction of sp³-hybridized carbons (Fsp3) is 1.00. The van der Waals surface area contributed by atoms with Gasteiger partial charge in [-0.1, -0.05) is 0 Å². The number of phosphoric acid groups is 3. The summed E-state index contributed by atoms with van der Waals surface area (Å²) in [7, 11) is -10.5. The van der Waals surface area contributed by atoms with Gasteiger partial charge in [0.2, 0.25) is 0 Å². The van der Waals surface area contributed by atoms with Crippen LogP contribution in [0.2, 0.25) is 0 Å². The maximum absolute atomic E-state index is 11.8. The molecule has 2 aliphatic heterocycles. The zero-order chi connectivity index (χ0) is 20.3. The molecule has 17 heteroatoms. The predicted molar refractivity (Wildman–Crippen MR) is 93.8 cm³/mol. The van der Waals surface area contributed by atoms with Crippen LogP contribution in [-0.4, -0.2) is 63.4 Å². The Labute approximate surface area is 161 Å². The molecule has 0 bridgehead atoms. The van der Waals surface area contributed by atoms with E-state index in [2.05, 4.69) is 13.1 Å². The van der Waals surface area contributed by atoms with Crippen LogP contribution in [0.4, 0.5) is 0 Å². The molecule has 0 amide bonds. The van der Waals surface area contributed by atoms with Crippen molar-refractivity contribution >= 4 is 43.1 Å². The van der Waals surface area contributed by atoms with Crippen LogP contribution >= 0.6 is 35.2 Å². The predicted octanol–water partition coefficient (Wildman–Crippen LogP) is 1.24. The Hall–Kier alpha value is 0.745. The van der Waals surface area contributed by atoms with Gasteiger partial charge in [-0.3, -0.25) is 4.52 Å². The van der Waals surface area contributed by atoms with E-state index < -0.39 is 48.3 Å². The molecule has 27 heavy (non-hydrogen) atoms. The molecule has 12 nitrogen and oxygen atoms in total. The third-order valence-corrected chi connectivity index (χ3v) is 8.56. The van der Waals surface area contributed by atoms with E-state index in [0.29, 0.717) is 6.42 Å². The van der Waals surface area contributed by atoms with E-state index in [1.165, 1.54) is 0 Å². The highest BCUT2D eigenvalue weighted by Gasteiger charge is 2.42. The van der Waals surface area contributed by atoms with Crippen LogP contribution in [0.1, 0.15) is 25.7 Å². The quantitative estimate of drug-likeness (QED) is 0.281. The van der Waals surface area contributed by atoms with Crippen molar-refractivity contribution in [2.45, 2.75) is 49.3 Å². The first-order chi connectivity index (χ1) is 12.4. The summed E-state index contributed by atoms with van der Waals surface area (Å²) in [5.41, 5.74) is -0.0633. The lowest BCUT2D eigenvalue weighted by molar-refractivity contribution is -0.0465. The Morgan fingerprint density at radius 1 is 1.07 bits per heavy atom. The first-order valence-corrected chi connectivity index (χ1v) is 13.4. The molecule has 2 radical (unpaired) electrons. The van der Waals surface area contributed by atoms with Crippen molar-refractivity contribution in [3.8, 4) is 0 Å². The summed E-state index contributed by atoms with van der Waals surface area (Å²) in [5.74, 6) is 0.955. The zero-order valence-electron chi connectivity index (χ0n) is 13.9. The summed E-state index contributed by atoms with van der Waals surface area (Å²) in [4.78, 5) is 35.6. The lowest BCUT2D eigenvalue weighted by atomic mass is 9.96. The summed E-state index contributed by atoms with van der Waals surface area (Å²) in [5, 5.41) is 0. The van der Waals surface area contributed by atoms with Crippen molar-refractivity contribution in [1.29, 1.82) is 0 Å². The summed E-state index contributed by atoms with van der Waals surface area (Å²) >= 11 is 1.64. The number of rotatable bonds is 9. The van der Waals surface area contributed by atoms with Crippen molar-refractivity contribution in [3.05, 3.63) is 0 Å². The van der Waals surface area contributed by atoms with Crippen LogP contribution in [0.15, 0.2) is 0 Å². The van der Waals surface area contributed by atoms with Gasteiger partial charge in [-0.15, -0.1) is 11.8 Å². The van der Waals surface area contributed by atoms with Crippen molar-refractivity contribution in [3.63, 3.8) is 0 Å². The summed E-state index contributed by atoms with van der Waals surface area (Å²) < 4.78 is 56.8. The monoisotopic (exact) mass is 468 g/mol. The molecule has 2 fully saturated rings. The summed E-state index contributed by atoms with van der Waals surface area (Å²) in [6.07, 6.45) is 1.92. The first kappa shape index (κ1) is 24.0. The van der Waals surface area contributed by atoms with Crippen LogP contribution < -0.4 is 0 Å². The Morgan fingerprint density at radius 3 is 2.37 bits per heavy atom. The van der Waals surface area contributed by atoms with Gasteiger partial charge in [0.25, 0.3) is 0 Å². The fourth-order valence-corrected chi connectivity index (χ4v) is 6.74. The Morgan fingerprint density at radius 2 is 1.78 bits per heavy atom. The second-order valence-corrected chi connectivity index (χ2v) is 11.5. The molecule has 0 saturated carbocycles. The third kappa shape index (κ3) is 8.96. The maximum Gasteiger partial charge on any atom is 0.490 e. The van der Waals surface area contributed by atoms with Gasteiger partial charge in [-0.05, 0) is 31.4 Å². The number of phosphoric ester groups is 1. The minimum atomic E-state index is -5.55. The van der Waals surface area contributed by atoms with Crippen molar-refractivity contribution < 1.29 is 55.9 Å². The lowest BCUT2D eigenvalue weighted by Gasteiger charge is -2.27. The van der Waals surface area contributed by atoms with E-state index in [-0.39, 0.29) is 5.44 Å². The van der Waals surface area contributed by atoms with E-state index in [1.807, 2.05) is 0 Å². The first-order valence-electron chi connectivity index (χ1n) is 7.82. The molecule has 4 N–H and O–H groups in total. The maximum atomic E-state index is 11.8. The average molecular weight is 468 g/mol. The van der Waals surface area contributed by atoms with Crippen LogP contribution in [0.25, 0.3) is 0 Å². The average Bonchev–Trinajstić information content (AvgIpc) is 2.82. The van der Waals surface area contributed by atoms with Crippen LogP contribution in [-0.2, 0) is 36.3 Å². The normalized spacial score (nSPS) is 34.1. The molecule has 6 unspecified atom stereocenters. The molecule has 0 aromatic heterocycles. The van der Waals surface area contributed by atoms with Gasteiger partial charge in [-0.25, -0.2) is 13.7 Å². The van der Waals surface area contributed by atoms with Crippen molar-refractivity contribution in [1.82, 2.24) is 0 Å². The molecule has 0 aliphatic carbocycles. The Bertz CT molecular complexity index is 639. The molecule has 156 valence electrons. The summed E-state index contributed by atoms with van der Waals surface area (Å²) in [6.45, 7) is -0.570. The Balaban J connectivity index is 1.89.